The van der Waals surface area contributed by atoms with Gasteiger partial charge in [-0.25, -0.2) is 4.79 Å². The van der Waals surface area contributed by atoms with Crippen LogP contribution in [0.25, 0.3) is 0 Å². The van der Waals surface area contributed by atoms with Gasteiger partial charge in [-0.3, -0.25) is 0 Å². The van der Waals surface area contributed by atoms with Gasteiger partial charge in [-0.1, -0.05) is 13.0 Å². The lowest BCUT2D eigenvalue weighted by Gasteiger charge is -2.11. The second kappa shape index (κ2) is 4.42. The standard InChI is InChI=1S/C10H17NO2/c1-2-10(5-6-10)8-11-7-3-4-9(12)13/h3-4,11H,2,5-8H2,1H3,(H,12,13)/b4-3+. The van der Waals surface area contributed by atoms with Gasteiger partial charge in [0, 0.05) is 19.2 Å². The molecule has 1 fully saturated rings. The smallest absolute Gasteiger partial charge is 0.328 e. The summed E-state index contributed by atoms with van der Waals surface area (Å²) in [5.74, 6) is -0.876. The highest BCUT2D eigenvalue weighted by atomic mass is 16.4. The molecule has 13 heavy (non-hydrogen) atoms. The fourth-order valence-electron chi connectivity index (χ4n) is 1.41. The van der Waals surface area contributed by atoms with Crippen molar-refractivity contribution in [3.63, 3.8) is 0 Å². The van der Waals surface area contributed by atoms with E-state index in [9.17, 15) is 4.79 Å². The normalized spacial score (nSPS) is 19.2. The second-order valence-electron chi connectivity index (χ2n) is 3.73. The van der Waals surface area contributed by atoms with Crippen LogP contribution in [0.1, 0.15) is 26.2 Å². The van der Waals surface area contributed by atoms with E-state index in [0.29, 0.717) is 12.0 Å². The Morgan fingerprint density at radius 3 is 2.77 bits per heavy atom. The number of nitrogens with one attached hydrogen (secondary N) is 1. The van der Waals surface area contributed by atoms with E-state index in [1.165, 1.54) is 25.3 Å². The number of rotatable bonds is 6. The summed E-state index contributed by atoms with van der Waals surface area (Å²) >= 11 is 0. The van der Waals surface area contributed by atoms with Crippen LogP contribution in [0.5, 0.6) is 0 Å². The lowest BCUT2D eigenvalue weighted by molar-refractivity contribution is -0.131. The molecule has 0 radical (unpaired) electrons. The van der Waals surface area contributed by atoms with Crippen LogP contribution in [0, 0.1) is 5.41 Å². The van der Waals surface area contributed by atoms with E-state index in [4.69, 9.17) is 5.11 Å². The fraction of sp³-hybridized carbons (Fsp3) is 0.700. The molecular formula is C10H17NO2. The molecule has 0 saturated heterocycles. The predicted octanol–water partition coefficient (Wildman–Crippen LogP) is 1.41. The molecule has 0 aliphatic heterocycles. The quantitative estimate of drug-likeness (QED) is 0.483. The van der Waals surface area contributed by atoms with Gasteiger partial charge in [0.15, 0.2) is 0 Å². The zero-order valence-electron chi connectivity index (χ0n) is 8.05. The van der Waals surface area contributed by atoms with Crippen molar-refractivity contribution in [1.82, 2.24) is 5.32 Å². The number of carboxylic acid groups (broad SMARTS) is 1. The van der Waals surface area contributed by atoms with Gasteiger partial charge in [0.25, 0.3) is 0 Å². The minimum Gasteiger partial charge on any atom is -0.478 e. The predicted molar refractivity (Wildman–Crippen MR) is 51.6 cm³/mol. The van der Waals surface area contributed by atoms with Crippen molar-refractivity contribution in [2.45, 2.75) is 26.2 Å². The summed E-state index contributed by atoms with van der Waals surface area (Å²) in [6.45, 7) is 3.89. The Hall–Kier alpha value is -0.830. The van der Waals surface area contributed by atoms with Crippen molar-refractivity contribution in [3.05, 3.63) is 12.2 Å². The average Bonchev–Trinajstić information content (AvgIpc) is 2.84. The third-order valence-electron chi connectivity index (χ3n) is 2.73. The summed E-state index contributed by atoms with van der Waals surface area (Å²) < 4.78 is 0. The van der Waals surface area contributed by atoms with Crippen molar-refractivity contribution < 1.29 is 9.90 Å². The summed E-state index contributed by atoms with van der Waals surface area (Å²) in [6.07, 6.45) is 6.69. The minimum atomic E-state index is -0.876. The SMILES string of the molecule is CCC1(CNC/C=C/C(=O)O)CC1. The van der Waals surface area contributed by atoms with Crippen LogP contribution in [0.4, 0.5) is 0 Å². The van der Waals surface area contributed by atoms with Crippen molar-refractivity contribution in [2.75, 3.05) is 13.1 Å². The molecule has 74 valence electrons. The summed E-state index contributed by atoms with van der Waals surface area (Å²) in [7, 11) is 0. The van der Waals surface area contributed by atoms with Crippen LogP contribution in [0.2, 0.25) is 0 Å². The molecule has 1 rings (SSSR count). The summed E-state index contributed by atoms with van der Waals surface area (Å²) in [5.41, 5.74) is 0.539. The van der Waals surface area contributed by atoms with E-state index in [2.05, 4.69) is 12.2 Å². The number of hydrogen-bond donors (Lipinski definition) is 2. The number of hydrogen-bond acceptors (Lipinski definition) is 2. The highest BCUT2D eigenvalue weighted by Gasteiger charge is 2.39. The van der Waals surface area contributed by atoms with Crippen molar-refractivity contribution in [1.29, 1.82) is 0 Å². The van der Waals surface area contributed by atoms with Gasteiger partial charge in [-0.15, -0.1) is 0 Å². The molecule has 0 atom stereocenters. The maximum absolute atomic E-state index is 10.1. The average molecular weight is 183 g/mol. The first-order chi connectivity index (χ1) is 6.18. The Balaban J connectivity index is 2.04. The van der Waals surface area contributed by atoms with Crippen LogP contribution in [0.15, 0.2) is 12.2 Å². The van der Waals surface area contributed by atoms with Gasteiger partial charge < -0.3 is 10.4 Å². The summed E-state index contributed by atoms with van der Waals surface area (Å²) in [4.78, 5) is 10.1. The van der Waals surface area contributed by atoms with Gasteiger partial charge in [0.05, 0.1) is 0 Å². The number of carbonyl (C=O) groups is 1. The van der Waals surface area contributed by atoms with E-state index < -0.39 is 5.97 Å². The molecule has 1 aliphatic carbocycles. The maximum atomic E-state index is 10.1. The highest BCUT2D eigenvalue weighted by Crippen LogP contribution is 2.47. The van der Waals surface area contributed by atoms with Gasteiger partial charge in [0.2, 0.25) is 0 Å². The Kier molecular flexibility index (Phi) is 3.48. The van der Waals surface area contributed by atoms with Gasteiger partial charge in [0.1, 0.15) is 0 Å². The first-order valence-electron chi connectivity index (χ1n) is 4.79. The molecule has 2 N–H and O–H groups in total. The van der Waals surface area contributed by atoms with Crippen LogP contribution >= 0.6 is 0 Å². The fourth-order valence-corrected chi connectivity index (χ4v) is 1.41. The summed E-state index contributed by atoms with van der Waals surface area (Å²) in [6, 6.07) is 0. The molecule has 0 unspecified atom stereocenters. The largest absolute Gasteiger partial charge is 0.478 e. The Morgan fingerprint density at radius 2 is 2.31 bits per heavy atom. The van der Waals surface area contributed by atoms with Crippen LogP contribution in [-0.2, 0) is 4.79 Å². The van der Waals surface area contributed by atoms with E-state index in [0.717, 1.165) is 6.54 Å². The summed E-state index contributed by atoms with van der Waals surface area (Å²) in [5, 5.41) is 11.6. The minimum absolute atomic E-state index is 0.539. The van der Waals surface area contributed by atoms with Crippen LogP contribution in [-0.4, -0.2) is 24.2 Å². The molecule has 0 aromatic carbocycles. The lowest BCUT2D eigenvalue weighted by atomic mass is 10.0. The third kappa shape index (κ3) is 3.59. The van der Waals surface area contributed by atoms with Crippen LogP contribution < -0.4 is 5.32 Å². The molecule has 0 spiro atoms. The number of carboxylic acids is 1. The van der Waals surface area contributed by atoms with Crippen LogP contribution in [0.3, 0.4) is 0 Å². The molecule has 0 aromatic rings. The van der Waals surface area contributed by atoms with Gasteiger partial charge in [-0.2, -0.15) is 0 Å². The topological polar surface area (TPSA) is 49.3 Å². The number of aliphatic carboxylic acids is 1. The molecule has 0 aromatic heterocycles. The molecule has 1 aliphatic rings. The molecule has 0 heterocycles. The van der Waals surface area contributed by atoms with Crippen molar-refractivity contribution in [2.24, 2.45) is 5.41 Å². The molecule has 0 amide bonds. The first kappa shape index (κ1) is 10.3. The van der Waals surface area contributed by atoms with E-state index in [1.807, 2.05) is 0 Å². The van der Waals surface area contributed by atoms with Gasteiger partial charge in [-0.05, 0) is 24.7 Å². The first-order valence-corrected chi connectivity index (χ1v) is 4.79. The second-order valence-corrected chi connectivity index (χ2v) is 3.73. The molecule has 3 heteroatoms. The van der Waals surface area contributed by atoms with Gasteiger partial charge >= 0.3 is 5.97 Å². The molecular weight excluding hydrogens is 166 g/mol. The monoisotopic (exact) mass is 183 g/mol. The highest BCUT2D eigenvalue weighted by molar-refractivity contribution is 5.79. The zero-order valence-corrected chi connectivity index (χ0v) is 8.05. The van der Waals surface area contributed by atoms with Crippen molar-refractivity contribution in [3.8, 4) is 0 Å². The van der Waals surface area contributed by atoms with Crippen molar-refractivity contribution >= 4 is 5.97 Å². The Labute approximate surface area is 78.8 Å². The molecule has 0 bridgehead atoms. The third-order valence-corrected chi connectivity index (χ3v) is 2.73. The maximum Gasteiger partial charge on any atom is 0.328 e. The lowest BCUT2D eigenvalue weighted by Crippen LogP contribution is -2.23. The molecule has 1 saturated carbocycles. The zero-order chi connectivity index (χ0) is 9.73. The molecule has 3 nitrogen and oxygen atoms in total. The van der Waals surface area contributed by atoms with E-state index in [1.54, 1.807) is 6.08 Å². The Morgan fingerprint density at radius 1 is 1.62 bits per heavy atom. The van der Waals surface area contributed by atoms with E-state index >= 15 is 0 Å². The van der Waals surface area contributed by atoms with E-state index in [-0.39, 0.29) is 0 Å². The Bertz CT molecular complexity index is 207.